The van der Waals surface area contributed by atoms with E-state index in [1.54, 1.807) is 11.3 Å². The molecule has 3 nitrogen and oxygen atoms in total. The molecule has 2 atom stereocenters. The number of rotatable bonds is 2. The van der Waals surface area contributed by atoms with Gasteiger partial charge in [0.1, 0.15) is 11.6 Å². The third kappa shape index (κ3) is 2.61. The second kappa shape index (κ2) is 6.18. The molecule has 0 saturated heterocycles. The van der Waals surface area contributed by atoms with Crippen LogP contribution in [0.5, 0.6) is 5.75 Å². The highest BCUT2D eigenvalue weighted by atomic mass is 79.9. The molecule has 7 heteroatoms. The van der Waals surface area contributed by atoms with E-state index in [1.807, 2.05) is 30.5 Å². The van der Waals surface area contributed by atoms with E-state index < -0.39 is 0 Å². The van der Waals surface area contributed by atoms with Crippen molar-refractivity contribution < 1.29 is 9.13 Å². The van der Waals surface area contributed by atoms with Gasteiger partial charge in [-0.1, -0.05) is 27.5 Å². The van der Waals surface area contributed by atoms with E-state index in [4.69, 9.17) is 16.3 Å². The summed E-state index contributed by atoms with van der Waals surface area (Å²) in [5, 5.41) is 1.87. The van der Waals surface area contributed by atoms with Crippen LogP contribution >= 0.6 is 38.9 Å². The fourth-order valence-electron chi connectivity index (χ4n) is 4.26. The van der Waals surface area contributed by atoms with Gasteiger partial charge >= 0.3 is 0 Å². The SMILES string of the molecule is Fc1cc(Br)cc2c1[C@H]1Cc3cc(Cl)ccc3N1[C@H](c1cnc(C3CC3)s1)O2. The maximum atomic E-state index is 14.9. The lowest BCUT2D eigenvalue weighted by molar-refractivity contribution is 0.167. The first-order valence-corrected chi connectivity index (χ1v) is 11.3. The summed E-state index contributed by atoms with van der Waals surface area (Å²) >= 11 is 11.3. The molecular weight excluding hydrogens is 463 g/mol. The minimum atomic E-state index is -0.321. The number of anilines is 1. The van der Waals surface area contributed by atoms with Gasteiger partial charge in [0.25, 0.3) is 0 Å². The van der Waals surface area contributed by atoms with Crippen LogP contribution in [-0.2, 0) is 6.42 Å². The molecule has 0 amide bonds. The third-order valence-electron chi connectivity index (χ3n) is 5.66. The maximum absolute atomic E-state index is 14.9. The average Bonchev–Trinajstić information content (AvgIpc) is 3.26. The summed E-state index contributed by atoms with van der Waals surface area (Å²) < 4.78 is 22.0. The van der Waals surface area contributed by atoms with Crippen LogP contribution < -0.4 is 9.64 Å². The predicted octanol–water partition coefficient (Wildman–Crippen LogP) is 6.77. The summed E-state index contributed by atoms with van der Waals surface area (Å²) in [7, 11) is 0. The number of nitrogens with zero attached hydrogens (tertiary/aromatic N) is 2. The van der Waals surface area contributed by atoms with Gasteiger partial charge in [-0.2, -0.15) is 0 Å². The van der Waals surface area contributed by atoms with Crippen LogP contribution in [-0.4, -0.2) is 4.98 Å². The summed E-state index contributed by atoms with van der Waals surface area (Å²) in [6, 6.07) is 9.12. The van der Waals surface area contributed by atoms with Gasteiger partial charge < -0.3 is 9.64 Å². The monoisotopic (exact) mass is 476 g/mol. The molecule has 0 bridgehead atoms. The van der Waals surface area contributed by atoms with E-state index in [0.29, 0.717) is 33.1 Å². The summed E-state index contributed by atoms with van der Waals surface area (Å²) in [6.07, 6.45) is 4.74. The number of aromatic nitrogens is 1. The average molecular weight is 478 g/mol. The highest BCUT2D eigenvalue weighted by Gasteiger charge is 2.44. The maximum Gasteiger partial charge on any atom is 0.210 e. The minimum Gasteiger partial charge on any atom is -0.465 e. The summed E-state index contributed by atoms with van der Waals surface area (Å²) in [4.78, 5) is 7.88. The molecule has 1 saturated carbocycles. The molecule has 3 aliphatic rings. The van der Waals surface area contributed by atoms with Crippen molar-refractivity contribution in [1.82, 2.24) is 4.98 Å². The van der Waals surface area contributed by atoms with E-state index >= 15 is 0 Å². The fourth-order valence-corrected chi connectivity index (χ4v) is 5.98. The van der Waals surface area contributed by atoms with Crippen molar-refractivity contribution in [3.05, 3.63) is 72.9 Å². The first kappa shape index (κ1) is 17.2. The summed E-state index contributed by atoms with van der Waals surface area (Å²) in [6.45, 7) is 0. The van der Waals surface area contributed by atoms with Gasteiger partial charge in [-0.05, 0) is 55.2 Å². The lowest BCUT2D eigenvalue weighted by Crippen LogP contribution is -2.37. The lowest BCUT2D eigenvalue weighted by Gasteiger charge is -2.40. The predicted molar refractivity (Wildman–Crippen MR) is 112 cm³/mol. The Hall–Kier alpha value is -1.63. The second-order valence-electron chi connectivity index (χ2n) is 7.55. The molecule has 1 aromatic heterocycles. The van der Waals surface area contributed by atoms with Gasteiger partial charge in [0, 0.05) is 27.3 Å². The van der Waals surface area contributed by atoms with Crippen molar-refractivity contribution in [2.45, 2.75) is 37.5 Å². The molecule has 2 aromatic carbocycles. The molecule has 0 unspecified atom stereocenters. The third-order valence-corrected chi connectivity index (χ3v) is 7.54. The molecule has 1 aliphatic carbocycles. The van der Waals surface area contributed by atoms with E-state index in [0.717, 1.165) is 16.1 Å². The van der Waals surface area contributed by atoms with Gasteiger partial charge in [-0.15, -0.1) is 11.3 Å². The van der Waals surface area contributed by atoms with Gasteiger partial charge in [-0.3, -0.25) is 0 Å². The molecule has 142 valence electrons. The zero-order chi connectivity index (χ0) is 19.0. The molecule has 28 heavy (non-hydrogen) atoms. The number of benzene rings is 2. The van der Waals surface area contributed by atoms with E-state index in [-0.39, 0.29) is 18.1 Å². The first-order valence-electron chi connectivity index (χ1n) is 9.26. The van der Waals surface area contributed by atoms with Crippen molar-refractivity contribution in [1.29, 1.82) is 0 Å². The van der Waals surface area contributed by atoms with Crippen molar-refractivity contribution in [2.24, 2.45) is 0 Å². The van der Waals surface area contributed by atoms with Gasteiger partial charge in [-0.25, -0.2) is 9.37 Å². The Kier molecular flexibility index (Phi) is 3.81. The standard InChI is InChI=1S/C21H15BrClFN2OS/c22-12-7-14(24)19-16-6-11-5-13(23)3-4-15(11)26(16)21(27-17(19)8-12)18-9-25-20(28-18)10-1-2-10/h3-5,7-10,16,21H,1-2,6H2/t16-,21+/m1/s1. The Morgan fingerprint density at radius 3 is 2.93 bits per heavy atom. The topological polar surface area (TPSA) is 25.4 Å². The fraction of sp³-hybridized carbons (Fsp3) is 0.286. The Labute approximate surface area is 179 Å². The number of fused-ring (bicyclic) bond motifs is 5. The number of thiazole rings is 1. The number of halogens is 3. The van der Waals surface area contributed by atoms with Crippen molar-refractivity contribution in [3.8, 4) is 5.75 Å². The smallest absolute Gasteiger partial charge is 0.210 e. The molecule has 0 radical (unpaired) electrons. The molecule has 6 rings (SSSR count). The quantitative estimate of drug-likeness (QED) is 0.407. The molecule has 3 aromatic rings. The largest absolute Gasteiger partial charge is 0.465 e. The number of hydrogen-bond acceptors (Lipinski definition) is 4. The van der Waals surface area contributed by atoms with Crippen LogP contribution in [0.1, 0.15) is 52.0 Å². The number of hydrogen-bond donors (Lipinski definition) is 0. The highest BCUT2D eigenvalue weighted by molar-refractivity contribution is 9.10. The van der Waals surface area contributed by atoms with E-state index in [1.165, 1.54) is 23.9 Å². The van der Waals surface area contributed by atoms with Crippen LogP contribution in [0.15, 0.2) is 41.0 Å². The van der Waals surface area contributed by atoms with Crippen LogP contribution in [0.2, 0.25) is 5.02 Å². The van der Waals surface area contributed by atoms with Crippen LogP contribution in [0, 0.1) is 5.82 Å². The first-order chi connectivity index (χ1) is 13.6. The Bertz CT molecular complexity index is 1120. The summed E-state index contributed by atoms with van der Waals surface area (Å²) in [5.74, 6) is 0.944. The molecule has 1 fully saturated rings. The Balaban J connectivity index is 1.52. The van der Waals surface area contributed by atoms with Crippen molar-refractivity contribution >= 4 is 44.6 Å². The van der Waals surface area contributed by atoms with Crippen molar-refractivity contribution in [2.75, 3.05) is 4.90 Å². The van der Waals surface area contributed by atoms with Crippen molar-refractivity contribution in [3.63, 3.8) is 0 Å². The Morgan fingerprint density at radius 2 is 2.11 bits per heavy atom. The van der Waals surface area contributed by atoms with Crippen LogP contribution in [0.3, 0.4) is 0 Å². The highest BCUT2D eigenvalue weighted by Crippen LogP contribution is 2.54. The van der Waals surface area contributed by atoms with Crippen LogP contribution in [0.4, 0.5) is 10.1 Å². The zero-order valence-corrected chi connectivity index (χ0v) is 17.8. The van der Waals surface area contributed by atoms with Gasteiger partial charge in [0.2, 0.25) is 6.23 Å². The normalized spacial score (nSPS) is 22.5. The lowest BCUT2D eigenvalue weighted by atomic mass is 9.99. The van der Waals surface area contributed by atoms with E-state index in [2.05, 4.69) is 25.8 Å². The van der Waals surface area contributed by atoms with E-state index in [9.17, 15) is 4.39 Å². The Morgan fingerprint density at radius 1 is 1.25 bits per heavy atom. The van der Waals surface area contributed by atoms with Gasteiger partial charge in [0.15, 0.2) is 0 Å². The molecule has 0 spiro atoms. The molecular formula is C21H15BrClFN2OS. The molecule has 3 heterocycles. The molecule has 2 aliphatic heterocycles. The zero-order valence-electron chi connectivity index (χ0n) is 14.7. The van der Waals surface area contributed by atoms with Crippen LogP contribution in [0.25, 0.3) is 0 Å². The molecule has 0 N–H and O–H groups in total. The van der Waals surface area contributed by atoms with Gasteiger partial charge in [0.05, 0.1) is 21.5 Å². The number of ether oxygens (including phenoxy) is 1. The second-order valence-corrected chi connectivity index (χ2v) is 9.99. The minimum absolute atomic E-state index is 0.123. The summed E-state index contributed by atoms with van der Waals surface area (Å²) in [5.41, 5.74) is 2.78.